The van der Waals surface area contributed by atoms with Crippen LogP contribution in [0.5, 0.6) is 0 Å². The quantitative estimate of drug-likeness (QED) is 0.400. The summed E-state index contributed by atoms with van der Waals surface area (Å²) in [5.41, 5.74) is 0.625. The van der Waals surface area contributed by atoms with Crippen molar-refractivity contribution in [3.8, 4) is 0 Å². The fourth-order valence-electron chi connectivity index (χ4n) is 1.89. The maximum absolute atomic E-state index is 11.4. The molecule has 0 aromatic heterocycles. The Morgan fingerprint density at radius 2 is 2.07 bits per heavy atom. The molecule has 0 saturated carbocycles. The van der Waals surface area contributed by atoms with Gasteiger partial charge in [0, 0.05) is 0 Å². The highest BCUT2D eigenvalue weighted by atomic mass is 28.3. The van der Waals surface area contributed by atoms with E-state index in [0.717, 1.165) is 12.8 Å². The molecule has 0 aliphatic heterocycles. The van der Waals surface area contributed by atoms with E-state index in [2.05, 4.69) is 31.8 Å². The Bertz CT molecular complexity index is 240. The van der Waals surface area contributed by atoms with Crippen molar-refractivity contribution >= 4 is 14.0 Å². The second-order valence-electron chi connectivity index (χ2n) is 5.09. The molecular weight excluding hydrogens is 192 g/mol. The average molecular weight is 212 g/mol. The number of hydrogen-bond donors (Lipinski definition) is 0. The molecule has 3 heteroatoms. The molecule has 0 radical (unpaired) electrons. The van der Waals surface area contributed by atoms with Gasteiger partial charge in [-0.3, -0.25) is 4.79 Å². The van der Waals surface area contributed by atoms with Gasteiger partial charge in [-0.05, 0) is 18.4 Å². The molecular formula is C11H20O2Si. The molecule has 0 bridgehead atoms. The predicted molar refractivity (Wildman–Crippen MR) is 61.0 cm³/mol. The first-order chi connectivity index (χ1) is 6.45. The van der Waals surface area contributed by atoms with E-state index in [0.29, 0.717) is 5.54 Å². The zero-order valence-electron chi connectivity index (χ0n) is 9.54. The second-order valence-corrected chi connectivity index (χ2v) is 10.6. The summed E-state index contributed by atoms with van der Waals surface area (Å²) in [6.45, 7) is 7.05. The zero-order chi connectivity index (χ0) is 10.8. The first-order valence-electron chi connectivity index (χ1n) is 5.19. The Kier molecular flexibility index (Phi) is 3.53. The molecule has 0 N–H and O–H groups in total. The van der Waals surface area contributed by atoms with Gasteiger partial charge < -0.3 is 4.74 Å². The number of carbonyl (C=O) groups excluding carboxylic acids is 1. The van der Waals surface area contributed by atoms with Crippen molar-refractivity contribution < 1.29 is 9.53 Å². The summed E-state index contributed by atoms with van der Waals surface area (Å²) in [5, 5.41) is 0. The minimum Gasteiger partial charge on any atom is -0.469 e. The molecule has 0 spiro atoms. The first-order valence-corrected chi connectivity index (χ1v) is 8.77. The molecule has 1 aliphatic rings. The van der Waals surface area contributed by atoms with Gasteiger partial charge in [-0.15, -0.1) is 0 Å². The maximum atomic E-state index is 11.4. The van der Waals surface area contributed by atoms with Crippen LogP contribution in [0.4, 0.5) is 0 Å². The van der Waals surface area contributed by atoms with Gasteiger partial charge in [-0.25, -0.2) is 0 Å². The molecule has 1 rings (SSSR count). The summed E-state index contributed by atoms with van der Waals surface area (Å²) in [7, 11) is 0.325. The van der Waals surface area contributed by atoms with Gasteiger partial charge in [0.2, 0.25) is 0 Å². The lowest BCUT2D eigenvalue weighted by molar-refractivity contribution is -0.145. The highest BCUT2D eigenvalue weighted by molar-refractivity contribution is 6.78. The second kappa shape index (κ2) is 4.30. The van der Waals surface area contributed by atoms with E-state index in [4.69, 9.17) is 4.74 Å². The van der Waals surface area contributed by atoms with E-state index in [-0.39, 0.29) is 11.9 Å². The number of ether oxygens (including phenoxy) is 1. The third kappa shape index (κ3) is 2.71. The van der Waals surface area contributed by atoms with Crippen LogP contribution >= 0.6 is 0 Å². The highest BCUT2D eigenvalue weighted by Gasteiger charge is 2.32. The van der Waals surface area contributed by atoms with Crippen LogP contribution in [-0.4, -0.2) is 21.2 Å². The molecule has 0 unspecified atom stereocenters. The van der Waals surface area contributed by atoms with Gasteiger partial charge in [-0.1, -0.05) is 31.8 Å². The summed E-state index contributed by atoms with van der Waals surface area (Å²) in [6.07, 6.45) is 6.28. The van der Waals surface area contributed by atoms with E-state index >= 15 is 0 Å². The van der Waals surface area contributed by atoms with Crippen LogP contribution in [0.2, 0.25) is 25.2 Å². The fraction of sp³-hybridized carbons (Fsp3) is 0.727. The lowest BCUT2D eigenvalue weighted by atomic mass is 9.94. The number of methoxy groups -OCH3 is 1. The molecule has 0 amide bonds. The Labute approximate surface area is 87.3 Å². The molecule has 0 heterocycles. The van der Waals surface area contributed by atoms with E-state index < -0.39 is 8.07 Å². The predicted octanol–water partition coefficient (Wildman–Crippen LogP) is 2.83. The number of esters is 1. The molecule has 0 saturated heterocycles. The average Bonchev–Trinajstić information content (AvgIpc) is 2.15. The van der Waals surface area contributed by atoms with Crippen LogP contribution in [0.15, 0.2) is 12.2 Å². The van der Waals surface area contributed by atoms with E-state index in [1.54, 1.807) is 0 Å². The van der Waals surface area contributed by atoms with E-state index in [9.17, 15) is 4.79 Å². The Balaban J connectivity index is 2.65. The van der Waals surface area contributed by atoms with Crippen LogP contribution in [0.1, 0.15) is 12.8 Å². The third-order valence-corrected chi connectivity index (χ3v) is 5.63. The van der Waals surface area contributed by atoms with Crippen LogP contribution in [0, 0.1) is 5.92 Å². The Hall–Kier alpha value is -0.573. The van der Waals surface area contributed by atoms with Crippen LogP contribution in [0.3, 0.4) is 0 Å². The van der Waals surface area contributed by atoms with Gasteiger partial charge in [0.1, 0.15) is 0 Å². The van der Waals surface area contributed by atoms with E-state index in [1.165, 1.54) is 7.11 Å². The van der Waals surface area contributed by atoms with Crippen molar-refractivity contribution in [3.05, 3.63) is 12.2 Å². The first kappa shape index (κ1) is 11.5. The molecule has 0 aromatic carbocycles. The van der Waals surface area contributed by atoms with Crippen molar-refractivity contribution in [1.29, 1.82) is 0 Å². The summed E-state index contributed by atoms with van der Waals surface area (Å²) < 4.78 is 4.79. The van der Waals surface area contributed by atoms with Crippen molar-refractivity contribution in [1.82, 2.24) is 0 Å². The fourth-order valence-corrected chi connectivity index (χ4v) is 3.59. The molecule has 2 nitrogen and oxygen atoms in total. The molecule has 2 atom stereocenters. The highest BCUT2D eigenvalue weighted by Crippen LogP contribution is 2.35. The minimum absolute atomic E-state index is 0.0439. The SMILES string of the molecule is COC(=O)[C@H]1CC=C[C@@H]([Si](C)(C)C)C1. The molecule has 14 heavy (non-hydrogen) atoms. The summed E-state index contributed by atoms with van der Waals surface area (Å²) in [4.78, 5) is 11.4. The molecule has 0 aromatic rings. The van der Waals surface area contributed by atoms with Gasteiger partial charge in [0.05, 0.1) is 21.1 Å². The molecule has 80 valence electrons. The van der Waals surface area contributed by atoms with Gasteiger partial charge in [-0.2, -0.15) is 0 Å². The Morgan fingerprint density at radius 3 is 2.57 bits per heavy atom. The minimum atomic E-state index is -1.15. The topological polar surface area (TPSA) is 26.3 Å². The van der Waals surface area contributed by atoms with Crippen molar-refractivity contribution in [2.45, 2.75) is 38.0 Å². The van der Waals surface area contributed by atoms with Crippen LogP contribution < -0.4 is 0 Å². The van der Waals surface area contributed by atoms with Crippen molar-refractivity contribution in [3.63, 3.8) is 0 Å². The van der Waals surface area contributed by atoms with Crippen molar-refractivity contribution in [2.24, 2.45) is 5.92 Å². The lowest BCUT2D eigenvalue weighted by Gasteiger charge is -2.31. The van der Waals surface area contributed by atoms with Crippen LogP contribution in [-0.2, 0) is 9.53 Å². The maximum Gasteiger partial charge on any atom is 0.308 e. The number of carbonyl (C=O) groups is 1. The monoisotopic (exact) mass is 212 g/mol. The summed E-state index contributed by atoms with van der Waals surface area (Å²) >= 11 is 0. The number of rotatable bonds is 2. The number of hydrogen-bond acceptors (Lipinski definition) is 2. The zero-order valence-corrected chi connectivity index (χ0v) is 10.5. The van der Waals surface area contributed by atoms with Gasteiger partial charge >= 0.3 is 5.97 Å². The standard InChI is InChI=1S/C11H20O2Si/c1-13-11(12)9-6-5-7-10(8-9)14(2,3)4/h5,7,9-10H,6,8H2,1-4H3/t9-,10+/m0/s1. The third-order valence-electron chi connectivity index (χ3n) is 2.97. The largest absolute Gasteiger partial charge is 0.469 e. The lowest BCUT2D eigenvalue weighted by Crippen LogP contribution is -2.32. The smallest absolute Gasteiger partial charge is 0.308 e. The van der Waals surface area contributed by atoms with Crippen LogP contribution in [0.25, 0.3) is 0 Å². The van der Waals surface area contributed by atoms with Gasteiger partial charge in [0.15, 0.2) is 0 Å². The number of allylic oxidation sites excluding steroid dienone is 2. The Morgan fingerprint density at radius 1 is 1.43 bits per heavy atom. The summed E-state index contributed by atoms with van der Waals surface area (Å²) in [5.74, 6) is 0.0549. The van der Waals surface area contributed by atoms with Crippen molar-refractivity contribution in [2.75, 3.05) is 7.11 Å². The normalized spacial score (nSPS) is 27.4. The molecule has 0 fully saturated rings. The van der Waals surface area contributed by atoms with Gasteiger partial charge in [0.25, 0.3) is 0 Å². The van der Waals surface area contributed by atoms with E-state index in [1.807, 2.05) is 0 Å². The molecule has 1 aliphatic carbocycles. The summed E-state index contributed by atoms with van der Waals surface area (Å²) in [6, 6.07) is 0.